The average Bonchev–Trinajstić information content (AvgIpc) is 3.62. The molecule has 7 rings (SSSR count). The van der Waals surface area contributed by atoms with Gasteiger partial charge >= 0.3 is 0 Å². The molecule has 5 fully saturated rings. The third-order valence-electron chi connectivity index (χ3n) is 12.1. The van der Waals surface area contributed by atoms with Crippen molar-refractivity contribution in [1.29, 1.82) is 0 Å². The number of aliphatic hydroxyl groups is 2. The highest BCUT2D eigenvalue weighted by Crippen LogP contribution is 2.69. The largest absolute Gasteiger partial charge is 0.385 e. The molecular weight excluding hydrogens is 494 g/mol. The molecule has 5 aliphatic carbocycles. The van der Waals surface area contributed by atoms with Crippen LogP contribution >= 0.6 is 0 Å². The quantitative estimate of drug-likeness (QED) is 0.521. The second-order valence-electron chi connectivity index (χ2n) is 14.0. The molecule has 7 aliphatic rings. The molecule has 0 bridgehead atoms. The maximum absolute atomic E-state index is 12.6. The van der Waals surface area contributed by atoms with Gasteiger partial charge in [0.2, 0.25) is 0 Å². The number of fused-ring (bicyclic) bond motifs is 4. The van der Waals surface area contributed by atoms with Gasteiger partial charge in [0, 0.05) is 30.2 Å². The van der Waals surface area contributed by atoms with E-state index in [4.69, 9.17) is 18.9 Å². The summed E-state index contributed by atoms with van der Waals surface area (Å²) in [6.45, 7) is 6.54. The molecule has 2 saturated heterocycles. The van der Waals surface area contributed by atoms with Gasteiger partial charge in [0.25, 0.3) is 0 Å². The van der Waals surface area contributed by atoms with Gasteiger partial charge in [-0.2, -0.15) is 0 Å². The van der Waals surface area contributed by atoms with Gasteiger partial charge in [-0.05, 0) is 88.9 Å². The molecule has 216 valence electrons. The molecule has 1 spiro atoms. The van der Waals surface area contributed by atoms with Crippen LogP contribution in [0.25, 0.3) is 0 Å². The van der Waals surface area contributed by atoms with Gasteiger partial charge in [0.15, 0.2) is 11.6 Å². The number of likely N-dealkylation sites (N-methyl/N-ethyl adjacent to an activating group) is 1. The molecule has 2 aliphatic heterocycles. The van der Waals surface area contributed by atoms with Crippen molar-refractivity contribution >= 4 is 0 Å². The summed E-state index contributed by atoms with van der Waals surface area (Å²) >= 11 is 0. The summed E-state index contributed by atoms with van der Waals surface area (Å²) in [5, 5.41) is 24.8. The number of ether oxygens (including phenoxy) is 4. The predicted octanol–water partition coefficient (Wildman–Crippen LogP) is 4.10. The second-order valence-corrected chi connectivity index (χ2v) is 14.0. The Morgan fingerprint density at radius 3 is 2.31 bits per heavy atom. The Kier molecular flexibility index (Phi) is 6.17. The third kappa shape index (κ3) is 3.73. The van der Waals surface area contributed by atoms with Crippen LogP contribution in [0.2, 0.25) is 0 Å². The molecule has 0 radical (unpaired) electrons. The van der Waals surface area contributed by atoms with E-state index >= 15 is 0 Å². The fraction of sp³-hybridized carbons (Fsp3) is 0.812. The number of nitrogens with zero attached hydrogens (tertiary/aromatic N) is 1. The minimum Gasteiger partial charge on any atom is -0.385 e. The van der Waals surface area contributed by atoms with Gasteiger partial charge in [-0.1, -0.05) is 30.7 Å². The topological polar surface area (TPSA) is 80.6 Å². The molecule has 2 heterocycles. The van der Waals surface area contributed by atoms with E-state index in [0.717, 1.165) is 44.9 Å². The van der Waals surface area contributed by atoms with Gasteiger partial charge in [-0.15, -0.1) is 0 Å². The number of hydrogen-bond acceptors (Lipinski definition) is 7. The number of hydrogen-bond donors (Lipinski definition) is 2. The molecule has 39 heavy (non-hydrogen) atoms. The van der Waals surface area contributed by atoms with Crippen LogP contribution in [0.4, 0.5) is 0 Å². The van der Waals surface area contributed by atoms with Crippen LogP contribution < -0.4 is 0 Å². The maximum atomic E-state index is 12.6. The average molecular weight is 542 g/mol. The van der Waals surface area contributed by atoms with Gasteiger partial charge in [0.1, 0.15) is 5.60 Å². The molecule has 0 aromatic rings. The summed E-state index contributed by atoms with van der Waals surface area (Å²) in [5.41, 5.74) is 1.74. The van der Waals surface area contributed by atoms with Crippen molar-refractivity contribution in [3.63, 3.8) is 0 Å². The Bertz CT molecular complexity index is 1100. The third-order valence-corrected chi connectivity index (χ3v) is 12.1. The Morgan fingerprint density at radius 2 is 1.64 bits per heavy atom. The fourth-order valence-corrected chi connectivity index (χ4v) is 10.1. The summed E-state index contributed by atoms with van der Waals surface area (Å²) in [5.74, 6) is -0.794. The standard InChI is InChI=1S/C32H47NO6/c1-28-19-24(21-5-7-22(8-6-21)33(3)4)27-23(25(28)11-14-32(28,35)29(2)36-15-16-37-29)9-12-30(34)20-31(13-10-26(27)30)38-17-18-39-31/h5-7,22-25,34-35H,8-20H2,1-4H3/t22?,23?,24?,25?,28?,30-,32-/m1/s1. The molecule has 0 amide bonds. The Balaban J connectivity index is 1.32. The zero-order chi connectivity index (χ0) is 27.3. The van der Waals surface area contributed by atoms with E-state index in [-0.39, 0.29) is 11.3 Å². The first kappa shape index (κ1) is 26.8. The lowest BCUT2D eigenvalue weighted by Crippen LogP contribution is -2.64. The molecule has 0 aromatic carbocycles. The minimum atomic E-state index is -1.06. The normalized spacial score (nSPS) is 46.4. The second kappa shape index (κ2) is 8.97. The lowest BCUT2D eigenvalue weighted by Gasteiger charge is -2.59. The van der Waals surface area contributed by atoms with E-state index in [0.29, 0.717) is 57.1 Å². The highest BCUT2D eigenvalue weighted by atomic mass is 16.8. The first-order valence-corrected chi connectivity index (χ1v) is 15.3. The lowest BCUT2D eigenvalue weighted by molar-refractivity contribution is -0.297. The summed E-state index contributed by atoms with van der Waals surface area (Å²) < 4.78 is 24.5. The van der Waals surface area contributed by atoms with Crippen molar-refractivity contribution in [2.75, 3.05) is 40.5 Å². The van der Waals surface area contributed by atoms with Gasteiger partial charge in [-0.25, -0.2) is 0 Å². The highest BCUT2D eigenvalue weighted by Gasteiger charge is 2.71. The van der Waals surface area contributed by atoms with E-state index in [1.165, 1.54) is 16.7 Å². The predicted molar refractivity (Wildman–Crippen MR) is 147 cm³/mol. The van der Waals surface area contributed by atoms with Crippen LogP contribution in [0.3, 0.4) is 0 Å². The molecule has 7 nitrogen and oxygen atoms in total. The van der Waals surface area contributed by atoms with Crippen molar-refractivity contribution in [3.8, 4) is 0 Å². The first-order valence-electron chi connectivity index (χ1n) is 15.3. The Morgan fingerprint density at radius 1 is 0.923 bits per heavy atom. The van der Waals surface area contributed by atoms with Crippen molar-refractivity contribution in [1.82, 2.24) is 4.90 Å². The zero-order valence-corrected chi connectivity index (χ0v) is 24.2. The number of rotatable bonds is 3. The first-order chi connectivity index (χ1) is 18.5. The molecule has 5 unspecified atom stereocenters. The van der Waals surface area contributed by atoms with Crippen molar-refractivity contribution in [2.24, 2.45) is 23.2 Å². The monoisotopic (exact) mass is 541 g/mol. The van der Waals surface area contributed by atoms with Crippen molar-refractivity contribution in [2.45, 2.75) is 100 Å². The highest BCUT2D eigenvalue weighted by molar-refractivity contribution is 5.45. The van der Waals surface area contributed by atoms with Crippen LogP contribution in [-0.4, -0.2) is 84.5 Å². The van der Waals surface area contributed by atoms with E-state index in [9.17, 15) is 10.2 Å². The molecule has 7 atom stereocenters. The summed E-state index contributed by atoms with van der Waals surface area (Å²) in [4.78, 5) is 2.26. The SMILES string of the molecule is CN(C)C1C=CC(C2CC3(C)C(CC[C@]3(O)C3(C)OCCO3)C3CC[C@@]4(O)CC5(CCC4=C23)OCCO5)=CC1. The Labute approximate surface area is 233 Å². The molecule has 7 heteroatoms. The van der Waals surface area contributed by atoms with E-state index in [2.05, 4.69) is 44.1 Å². The van der Waals surface area contributed by atoms with E-state index < -0.39 is 22.8 Å². The zero-order valence-electron chi connectivity index (χ0n) is 24.2. The summed E-state index contributed by atoms with van der Waals surface area (Å²) in [7, 11) is 4.27. The van der Waals surface area contributed by atoms with E-state index in [1.54, 1.807) is 0 Å². The molecular formula is C32H47NO6. The van der Waals surface area contributed by atoms with Gasteiger partial charge < -0.3 is 34.1 Å². The van der Waals surface area contributed by atoms with Crippen LogP contribution in [0.15, 0.2) is 34.9 Å². The van der Waals surface area contributed by atoms with Crippen LogP contribution in [0.5, 0.6) is 0 Å². The summed E-state index contributed by atoms with van der Waals surface area (Å²) in [6.07, 6.45) is 14.3. The smallest absolute Gasteiger partial charge is 0.195 e. The van der Waals surface area contributed by atoms with Crippen LogP contribution in [0, 0.1) is 23.2 Å². The van der Waals surface area contributed by atoms with Crippen LogP contribution in [-0.2, 0) is 18.9 Å². The molecule has 0 aromatic heterocycles. The maximum Gasteiger partial charge on any atom is 0.195 e. The Hall–Kier alpha value is -1.06. The lowest BCUT2D eigenvalue weighted by atomic mass is 9.48. The van der Waals surface area contributed by atoms with Gasteiger partial charge in [0.05, 0.1) is 32.0 Å². The van der Waals surface area contributed by atoms with Crippen molar-refractivity contribution < 1.29 is 29.2 Å². The van der Waals surface area contributed by atoms with Crippen molar-refractivity contribution in [3.05, 3.63) is 34.9 Å². The minimum absolute atomic E-state index is 0.159. The molecule has 3 saturated carbocycles. The van der Waals surface area contributed by atoms with Gasteiger partial charge in [-0.3, -0.25) is 0 Å². The number of allylic oxidation sites excluding steroid dienone is 3. The van der Waals surface area contributed by atoms with E-state index in [1.807, 2.05) is 6.92 Å². The summed E-state index contributed by atoms with van der Waals surface area (Å²) in [6, 6.07) is 0.395. The van der Waals surface area contributed by atoms with Crippen LogP contribution in [0.1, 0.15) is 71.6 Å². The molecule has 2 N–H and O–H groups in total. The fourth-order valence-electron chi connectivity index (χ4n) is 10.1.